The molecule has 4 nitrogen and oxygen atoms in total. The summed E-state index contributed by atoms with van der Waals surface area (Å²) in [6.07, 6.45) is 2.26. The monoisotopic (exact) mass is 330 g/mol. The van der Waals surface area contributed by atoms with E-state index in [-0.39, 0.29) is 11.9 Å². The molecule has 1 amide bonds. The predicted molar refractivity (Wildman–Crippen MR) is 96.4 cm³/mol. The van der Waals surface area contributed by atoms with Gasteiger partial charge in [-0.15, -0.1) is 0 Å². The topological polar surface area (TPSA) is 45.8 Å². The lowest BCUT2D eigenvalue weighted by molar-refractivity contribution is 0.0692. The van der Waals surface area contributed by atoms with E-state index in [1.165, 1.54) is 0 Å². The Hall–Kier alpha value is -3.14. The van der Waals surface area contributed by atoms with Gasteiger partial charge in [-0.1, -0.05) is 48.0 Å². The number of hydrazone groups is 1. The molecular weight excluding hydrogens is 312 g/mol. The maximum atomic E-state index is 13.1. The first-order valence-electron chi connectivity index (χ1n) is 8.29. The minimum atomic E-state index is -0.224. The van der Waals surface area contributed by atoms with E-state index in [4.69, 9.17) is 4.42 Å². The van der Waals surface area contributed by atoms with Crippen LogP contribution >= 0.6 is 0 Å². The Kier molecular flexibility index (Phi) is 3.94. The molecule has 1 unspecified atom stereocenters. The van der Waals surface area contributed by atoms with E-state index in [0.717, 1.165) is 22.6 Å². The summed E-state index contributed by atoms with van der Waals surface area (Å²) in [5.74, 6) is 0.631. The summed E-state index contributed by atoms with van der Waals surface area (Å²) < 4.78 is 5.57. The number of aryl methyl sites for hydroxylation is 1. The molecule has 3 aromatic rings. The van der Waals surface area contributed by atoms with Crippen molar-refractivity contribution >= 4 is 11.6 Å². The van der Waals surface area contributed by atoms with Gasteiger partial charge in [-0.2, -0.15) is 5.10 Å². The second kappa shape index (κ2) is 6.40. The summed E-state index contributed by atoms with van der Waals surface area (Å²) in [6, 6.07) is 21.0. The van der Waals surface area contributed by atoms with Crippen LogP contribution < -0.4 is 0 Å². The van der Waals surface area contributed by atoms with E-state index in [1.54, 1.807) is 11.3 Å². The summed E-state index contributed by atoms with van der Waals surface area (Å²) in [7, 11) is 0. The fourth-order valence-electron chi connectivity index (χ4n) is 3.12. The van der Waals surface area contributed by atoms with Crippen molar-refractivity contribution in [2.45, 2.75) is 19.4 Å². The molecule has 0 radical (unpaired) electrons. The third-order valence-corrected chi connectivity index (χ3v) is 4.36. The van der Waals surface area contributed by atoms with Crippen molar-refractivity contribution in [1.29, 1.82) is 0 Å². The van der Waals surface area contributed by atoms with Crippen LogP contribution in [-0.2, 0) is 0 Å². The molecule has 0 spiro atoms. The van der Waals surface area contributed by atoms with Crippen molar-refractivity contribution < 1.29 is 9.21 Å². The highest BCUT2D eigenvalue weighted by Gasteiger charge is 2.35. The lowest BCUT2D eigenvalue weighted by atomic mass is 10.0. The maximum absolute atomic E-state index is 13.1. The van der Waals surface area contributed by atoms with E-state index >= 15 is 0 Å². The number of nitrogens with zero attached hydrogens (tertiary/aromatic N) is 2. The van der Waals surface area contributed by atoms with Crippen LogP contribution in [0.15, 0.2) is 82.5 Å². The van der Waals surface area contributed by atoms with Crippen LogP contribution in [0.2, 0.25) is 0 Å². The second-order valence-corrected chi connectivity index (χ2v) is 6.17. The summed E-state index contributed by atoms with van der Waals surface area (Å²) >= 11 is 0. The number of amides is 1. The molecule has 4 heteroatoms. The van der Waals surface area contributed by atoms with Gasteiger partial charge in [0.05, 0.1) is 12.0 Å². The van der Waals surface area contributed by atoms with Crippen LogP contribution in [0, 0.1) is 6.92 Å². The van der Waals surface area contributed by atoms with Gasteiger partial charge >= 0.3 is 0 Å². The van der Waals surface area contributed by atoms with Crippen molar-refractivity contribution in [3.05, 3.63) is 95.4 Å². The molecular formula is C21H18N2O2. The van der Waals surface area contributed by atoms with Gasteiger partial charge < -0.3 is 4.42 Å². The molecule has 1 aliphatic heterocycles. The zero-order valence-corrected chi connectivity index (χ0v) is 13.9. The average molecular weight is 330 g/mol. The Morgan fingerprint density at radius 1 is 1.08 bits per heavy atom. The lowest BCUT2D eigenvalue weighted by Gasteiger charge is -2.20. The summed E-state index contributed by atoms with van der Waals surface area (Å²) in [6.45, 7) is 1.98. The number of furan rings is 1. The molecule has 1 aliphatic rings. The van der Waals surface area contributed by atoms with Crippen molar-refractivity contribution in [3.8, 4) is 0 Å². The molecule has 1 atom stereocenters. The normalized spacial score (nSPS) is 16.8. The SMILES string of the molecule is Cc1cccc(C(=O)N2N=C(c3ccccc3)CC2c2ccco2)c1. The number of hydrogen-bond donors (Lipinski definition) is 0. The lowest BCUT2D eigenvalue weighted by Crippen LogP contribution is -2.26. The molecule has 0 N–H and O–H groups in total. The second-order valence-electron chi connectivity index (χ2n) is 6.17. The van der Waals surface area contributed by atoms with E-state index in [1.807, 2.05) is 73.7 Å². The van der Waals surface area contributed by atoms with E-state index < -0.39 is 0 Å². The Morgan fingerprint density at radius 2 is 1.92 bits per heavy atom. The standard InChI is InChI=1S/C21H18N2O2/c1-15-7-5-10-17(13-15)21(24)23-19(20-11-6-12-25-20)14-18(22-23)16-8-3-2-4-9-16/h2-13,19H,14H2,1H3. The molecule has 4 rings (SSSR count). The smallest absolute Gasteiger partial charge is 0.274 e. The van der Waals surface area contributed by atoms with Crippen molar-refractivity contribution in [1.82, 2.24) is 5.01 Å². The fourth-order valence-corrected chi connectivity index (χ4v) is 3.12. The Morgan fingerprint density at radius 3 is 2.64 bits per heavy atom. The first kappa shape index (κ1) is 15.4. The summed E-state index contributed by atoms with van der Waals surface area (Å²) in [4.78, 5) is 13.1. The molecule has 2 heterocycles. The highest BCUT2D eigenvalue weighted by atomic mass is 16.3. The number of benzene rings is 2. The Labute approximate surface area is 146 Å². The van der Waals surface area contributed by atoms with Crippen LogP contribution in [0.4, 0.5) is 0 Å². The molecule has 0 saturated carbocycles. The third-order valence-electron chi connectivity index (χ3n) is 4.36. The molecule has 0 fully saturated rings. The van der Waals surface area contributed by atoms with Gasteiger partial charge in [-0.25, -0.2) is 5.01 Å². The molecule has 0 bridgehead atoms. The van der Waals surface area contributed by atoms with Gasteiger partial charge in [-0.05, 0) is 36.8 Å². The quantitative estimate of drug-likeness (QED) is 0.705. The predicted octanol–water partition coefficient (Wildman–Crippen LogP) is 4.58. The van der Waals surface area contributed by atoms with Gasteiger partial charge in [0.1, 0.15) is 11.8 Å². The Balaban J connectivity index is 1.72. The first-order valence-corrected chi connectivity index (χ1v) is 8.29. The van der Waals surface area contributed by atoms with Crippen LogP contribution in [0.3, 0.4) is 0 Å². The number of carbonyl (C=O) groups is 1. The zero-order valence-electron chi connectivity index (χ0n) is 13.9. The first-order chi connectivity index (χ1) is 12.2. The van der Waals surface area contributed by atoms with Crippen molar-refractivity contribution in [2.24, 2.45) is 5.10 Å². The summed E-state index contributed by atoms with van der Waals surface area (Å²) in [5, 5.41) is 6.19. The maximum Gasteiger partial charge on any atom is 0.274 e. The average Bonchev–Trinajstić information content (AvgIpc) is 3.31. The van der Waals surface area contributed by atoms with Crippen molar-refractivity contribution in [3.63, 3.8) is 0 Å². The van der Waals surface area contributed by atoms with Crippen LogP contribution in [-0.4, -0.2) is 16.6 Å². The van der Waals surface area contributed by atoms with Gasteiger partial charge in [0.25, 0.3) is 5.91 Å². The number of carbonyl (C=O) groups excluding carboxylic acids is 1. The molecule has 2 aromatic carbocycles. The largest absolute Gasteiger partial charge is 0.467 e. The van der Waals surface area contributed by atoms with E-state index in [2.05, 4.69) is 5.10 Å². The third kappa shape index (κ3) is 2.98. The minimum absolute atomic E-state index is 0.115. The highest BCUT2D eigenvalue weighted by Crippen LogP contribution is 2.34. The zero-order chi connectivity index (χ0) is 17.2. The van der Waals surface area contributed by atoms with Crippen LogP contribution in [0.1, 0.15) is 39.7 Å². The molecule has 0 saturated heterocycles. The van der Waals surface area contributed by atoms with Gasteiger partial charge in [0.15, 0.2) is 0 Å². The van der Waals surface area contributed by atoms with E-state index in [0.29, 0.717) is 12.0 Å². The van der Waals surface area contributed by atoms with Crippen molar-refractivity contribution in [2.75, 3.05) is 0 Å². The molecule has 25 heavy (non-hydrogen) atoms. The summed E-state index contributed by atoms with van der Waals surface area (Å²) in [5.41, 5.74) is 3.60. The molecule has 124 valence electrons. The van der Waals surface area contributed by atoms with Gasteiger partial charge in [-0.3, -0.25) is 4.79 Å². The van der Waals surface area contributed by atoms with Gasteiger partial charge in [0.2, 0.25) is 0 Å². The molecule has 1 aromatic heterocycles. The van der Waals surface area contributed by atoms with Gasteiger partial charge in [0, 0.05) is 12.0 Å². The van der Waals surface area contributed by atoms with E-state index in [9.17, 15) is 4.79 Å². The molecule has 0 aliphatic carbocycles. The minimum Gasteiger partial charge on any atom is -0.467 e. The number of rotatable bonds is 3. The van der Waals surface area contributed by atoms with Crippen LogP contribution in [0.5, 0.6) is 0 Å². The Bertz CT molecular complexity index is 914. The van der Waals surface area contributed by atoms with Crippen LogP contribution in [0.25, 0.3) is 0 Å². The fraction of sp³-hybridized carbons (Fsp3) is 0.143. The number of hydrogen-bond acceptors (Lipinski definition) is 3. The highest BCUT2D eigenvalue weighted by molar-refractivity contribution is 6.04.